The van der Waals surface area contributed by atoms with Crippen molar-refractivity contribution in [3.8, 4) is 5.75 Å². The highest BCUT2D eigenvalue weighted by Gasteiger charge is 2.08. The van der Waals surface area contributed by atoms with Crippen molar-refractivity contribution in [1.82, 2.24) is 5.32 Å². The molecule has 0 heterocycles. The van der Waals surface area contributed by atoms with Crippen molar-refractivity contribution in [3.63, 3.8) is 0 Å². The number of ether oxygens (including phenoxy) is 2. The van der Waals surface area contributed by atoms with E-state index in [1.807, 2.05) is 18.2 Å². The first-order chi connectivity index (χ1) is 10.2. The Balaban J connectivity index is 2.50. The van der Waals surface area contributed by atoms with Gasteiger partial charge in [-0.05, 0) is 37.6 Å². The van der Waals surface area contributed by atoms with Crippen LogP contribution in [-0.2, 0) is 16.1 Å². The summed E-state index contributed by atoms with van der Waals surface area (Å²) in [6.07, 6.45) is 2.97. The Bertz CT molecular complexity index is 438. The predicted octanol–water partition coefficient (Wildman–Crippen LogP) is 3.67. The second kappa shape index (κ2) is 10.6. The number of esters is 1. The van der Waals surface area contributed by atoms with Crippen LogP contribution in [0.25, 0.3) is 0 Å². The van der Waals surface area contributed by atoms with Crippen LogP contribution in [0.4, 0.5) is 0 Å². The van der Waals surface area contributed by atoms with Crippen molar-refractivity contribution in [1.29, 1.82) is 0 Å². The summed E-state index contributed by atoms with van der Waals surface area (Å²) in [5.41, 5.74) is 1.03. The Kier molecular flexibility index (Phi) is 9.10. The number of carbonyl (C=O) groups excluding carboxylic acids is 1. The van der Waals surface area contributed by atoms with Crippen LogP contribution in [-0.4, -0.2) is 25.7 Å². The van der Waals surface area contributed by atoms with Gasteiger partial charge in [0.2, 0.25) is 0 Å². The first-order valence-corrected chi connectivity index (χ1v) is 8.24. The number of nitrogens with one attached hydrogen (secondary N) is 1. The molecule has 1 rings (SSSR count). The number of rotatable bonds is 10. The summed E-state index contributed by atoms with van der Waals surface area (Å²) < 4.78 is 11.7. The van der Waals surface area contributed by atoms with Crippen molar-refractivity contribution in [3.05, 3.63) is 28.2 Å². The van der Waals surface area contributed by atoms with Crippen molar-refractivity contribution in [2.24, 2.45) is 0 Å². The van der Waals surface area contributed by atoms with Gasteiger partial charge in [-0.3, -0.25) is 0 Å². The summed E-state index contributed by atoms with van der Waals surface area (Å²) in [5.74, 6) is 0.396. The second-order valence-corrected chi connectivity index (χ2v) is 5.71. The van der Waals surface area contributed by atoms with Gasteiger partial charge in [0.25, 0.3) is 0 Å². The molecule has 1 aromatic carbocycles. The largest absolute Gasteiger partial charge is 0.482 e. The van der Waals surface area contributed by atoms with Crippen LogP contribution in [0.15, 0.2) is 22.7 Å². The lowest BCUT2D eigenvalue weighted by Crippen LogP contribution is -2.18. The Morgan fingerprint density at radius 2 is 2.10 bits per heavy atom. The van der Waals surface area contributed by atoms with E-state index in [0.717, 1.165) is 35.8 Å². The van der Waals surface area contributed by atoms with E-state index in [-0.39, 0.29) is 12.6 Å². The van der Waals surface area contributed by atoms with Gasteiger partial charge < -0.3 is 14.8 Å². The van der Waals surface area contributed by atoms with Crippen LogP contribution in [0.5, 0.6) is 5.75 Å². The molecular formula is C16H24BrNO3. The molecule has 1 aromatic rings. The molecule has 0 saturated carbocycles. The van der Waals surface area contributed by atoms with Gasteiger partial charge in [-0.25, -0.2) is 4.79 Å². The lowest BCUT2D eigenvalue weighted by Gasteiger charge is -2.12. The first-order valence-electron chi connectivity index (χ1n) is 7.45. The number of hydrogen-bond acceptors (Lipinski definition) is 4. The number of hydrogen-bond donors (Lipinski definition) is 1. The topological polar surface area (TPSA) is 47.6 Å². The lowest BCUT2D eigenvalue weighted by atomic mass is 10.2. The minimum Gasteiger partial charge on any atom is -0.482 e. The maximum atomic E-state index is 11.6. The molecule has 0 fully saturated rings. The van der Waals surface area contributed by atoms with Crippen LogP contribution < -0.4 is 10.1 Å². The fourth-order valence-corrected chi connectivity index (χ4v) is 2.14. The molecule has 0 aliphatic rings. The standard InChI is InChI=1S/C16H24BrNO3/c1-3-5-9-20-16(19)12-21-15-7-6-14(17)10-13(15)11-18-8-4-2/h6-7,10,18H,3-5,8-9,11-12H2,1-2H3. The quantitative estimate of drug-likeness (QED) is 0.512. The fourth-order valence-electron chi connectivity index (χ4n) is 1.74. The molecule has 0 unspecified atom stereocenters. The van der Waals surface area contributed by atoms with E-state index in [1.54, 1.807) is 0 Å². The van der Waals surface area contributed by atoms with Crippen LogP contribution >= 0.6 is 15.9 Å². The highest BCUT2D eigenvalue weighted by molar-refractivity contribution is 9.10. The monoisotopic (exact) mass is 357 g/mol. The van der Waals surface area contributed by atoms with Gasteiger partial charge in [-0.1, -0.05) is 36.2 Å². The summed E-state index contributed by atoms with van der Waals surface area (Å²) >= 11 is 3.45. The van der Waals surface area contributed by atoms with Gasteiger partial charge in [-0.2, -0.15) is 0 Å². The van der Waals surface area contributed by atoms with E-state index in [0.29, 0.717) is 18.9 Å². The van der Waals surface area contributed by atoms with Gasteiger partial charge in [0.15, 0.2) is 6.61 Å². The van der Waals surface area contributed by atoms with Crippen molar-refractivity contribution < 1.29 is 14.3 Å². The molecule has 0 saturated heterocycles. The van der Waals surface area contributed by atoms with Gasteiger partial charge >= 0.3 is 5.97 Å². The summed E-state index contributed by atoms with van der Waals surface area (Å²) in [4.78, 5) is 11.6. The molecule has 0 aliphatic carbocycles. The highest BCUT2D eigenvalue weighted by Crippen LogP contribution is 2.23. The molecule has 0 aromatic heterocycles. The third kappa shape index (κ3) is 7.48. The fraction of sp³-hybridized carbons (Fsp3) is 0.562. The minimum atomic E-state index is -0.321. The lowest BCUT2D eigenvalue weighted by molar-refractivity contribution is -0.146. The zero-order chi connectivity index (χ0) is 15.5. The predicted molar refractivity (Wildman–Crippen MR) is 87.5 cm³/mol. The zero-order valence-corrected chi connectivity index (χ0v) is 14.4. The summed E-state index contributed by atoms with van der Waals surface area (Å²) in [5, 5.41) is 3.33. The summed E-state index contributed by atoms with van der Waals surface area (Å²) in [7, 11) is 0. The molecule has 118 valence electrons. The normalized spacial score (nSPS) is 10.4. The average molecular weight is 358 g/mol. The van der Waals surface area contributed by atoms with Gasteiger partial charge in [-0.15, -0.1) is 0 Å². The first kappa shape index (κ1) is 18.0. The Morgan fingerprint density at radius 1 is 1.29 bits per heavy atom. The molecule has 5 heteroatoms. The second-order valence-electron chi connectivity index (χ2n) is 4.79. The zero-order valence-electron chi connectivity index (χ0n) is 12.8. The number of benzene rings is 1. The molecule has 0 aliphatic heterocycles. The summed E-state index contributed by atoms with van der Waals surface area (Å²) in [6, 6.07) is 5.77. The Morgan fingerprint density at radius 3 is 2.81 bits per heavy atom. The molecule has 0 atom stereocenters. The number of halogens is 1. The Labute approximate surface area is 135 Å². The molecule has 0 radical (unpaired) electrons. The third-order valence-electron chi connectivity index (χ3n) is 2.87. The number of unbranched alkanes of at least 4 members (excludes halogenated alkanes) is 1. The number of carbonyl (C=O) groups is 1. The van der Waals surface area contributed by atoms with Crippen molar-refractivity contribution >= 4 is 21.9 Å². The van der Waals surface area contributed by atoms with Gasteiger partial charge in [0.05, 0.1) is 6.61 Å². The molecule has 1 N–H and O–H groups in total. The molecule has 21 heavy (non-hydrogen) atoms. The molecule has 0 spiro atoms. The van der Waals surface area contributed by atoms with Crippen molar-refractivity contribution in [2.75, 3.05) is 19.8 Å². The van der Waals surface area contributed by atoms with Crippen LogP contribution in [0.2, 0.25) is 0 Å². The Hall–Kier alpha value is -1.07. The molecule has 4 nitrogen and oxygen atoms in total. The maximum Gasteiger partial charge on any atom is 0.344 e. The average Bonchev–Trinajstić information content (AvgIpc) is 2.47. The van der Waals surface area contributed by atoms with E-state index in [2.05, 4.69) is 35.1 Å². The van der Waals surface area contributed by atoms with E-state index >= 15 is 0 Å². The minimum absolute atomic E-state index is 0.0495. The van der Waals surface area contributed by atoms with Crippen LogP contribution in [0.3, 0.4) is 0 Å². The highest BCUT2D eigenvalue weighted by atomic mass is 79.9. The third-order valence-corrected chi connectivity index (χ3v) is 3.36. The van der Waals surface area contributed by atoms with Gasteiger partial charge in [0.1, 0.15) is 5.75 Å². The van der Waals surface area contributed by atoms with Crippen LogP contribution in [0, 0.1) is 0 Å². The molecule has 0 bridgehead atoms. The van der Waals surface area contributed by atoms with Crippen LogP contribution in [0.1, 0.15) is 38.7 Å². The summed E-state index contributed by atoms with van der Waals surface area (Å²) in [6.45, 7) is 6.26. The van der Waals surface area contributed by atoms with Crippen molar-refractivity contribution in [2.45, 2.75) is 39.7 Å². The molecule has 0 amide bonds. The van der Waals surface area contributed by atoms with E-state index in [1.165, 1.54) is 0 Å². The smallest absolute Gasteiger partial charge is 0.344 e. The SMILES string of the molecule is CCCCOC(=O)COc1ccc(Br)cc1CNCCC. The van der Waals surface area contributed by atoms with E-state index in [4.69, 9.17) is 9.47 Å². The van der Waals surface area contributed by atoms with E-state index in [9.17, 15) is 4.79 Å². The van der Waals surface area contributed by atoms with E-state index < -0.39 is 0 Å². The molecular weight excluding hydrogens is 334 g/mol. The van der Waals surface area contributed by atoms with Gasteiger partial charge in [0, 0.05) is 16.6 Å². The maximum absolute atomic E-state index is 11.6.